The zero-order valence-electron chi connectivity index (χ0n) is 13.3. The first kappa shape index (κ1) is 15.1. The zero-order chi connectivity index (χ0) is 16.5. The summed E-state index contributed by atoms with van der Waals surface area (Å²) in [5, 5.41) is 0. The molecule has 1 saturated carbocycles. The van der Waals surface area contributed by atoms with Crippen LogP contribution in [-0.4, -0.2) is 34.5 Å². The lowest BCUT2D eigenvalue weighted by Crippen LogP contribution is -2.48. The number of ether oxygens (including phenoxy) is 1. The van der Waals surface area contributed by atoms with Crippen LogP contribution in [0.5, 0.6) is 5.75 Å². The second-order valence-electron chi connectivity index (χ2n) is 6.49. The van der Waals surface area contributed by atoms with Crippen molar-refractivity contribution in [2.24, 2.45) is 5.92 Å². The molecule has 1 aromatic heterocycles. The van der Waals surface area contributed by atoms with Gasteiger partial charge in [0, 0.05) is 12.2 Å². The van der Waals surface area contributed by atoms with Crippen molar-refractivity contribution in [2.45, 2.75) is 31.3 Å². The molecule has 1 saturated heterocycles. The van der Waals surface area contributed by atoms with Gasteiger partial charge in [-0.3, -0.25) is 9.78 Å². The van der Waals surface area contributed by atoms with Crippen LogP contribution in [0.1, 0.15) is 29.8 Å². The van der Waals surface area contributed by atoms with Crippen molar-refractivity contribution in [2.75, 3.05) is 6.61 Å². The lowest BCUT2D eigenvalue weighted by Gasteiger charge is -2.35. The van der Waals surface area contributed by atoms with Gasteiger partial charge in [-0.05, 0) is 61.6 Å². The highest BCUT2D eigenvalue weighted by atomic mass is 19.1. The van der Waals surface area contributed by atoms with E-state index in [0.29, 0.717) is 24.0 Å². The molecule has 24 heavy (non-hydrogen) atoms. The maximum absolute atomic E-state index is 13.0. The molecule has 1 aliphatic carbocycles. The van der Waals surface area contributed by atoms with Gasteiger partial charge in [-0.1, -0.05) is 6.07 Å². The monoisotopic (exact) mass is 326 g/mol. The van der Waals surface area contributed by atoms with Gasteiger partial charge in [0.15, 0.2) is 0 Å². The van der Waals surface area contributed by atoms with E-state index in [0.717, 1.165) is 19.3 Å². The molecule has 2 fully saturated rings. The van der Waals surface area contributed by atoms with Crippen molar-refractivity contribution in [3.8, 4) is 5.75 Å². The number of hydrogen-bond donors (Lipinski definition) is 0. The summed E-state index contributed by atoms with van der Waals surface area (Å²) in [4.78, 5) is 19.0. The number of carbonyl (C=O) groups is 1. The second kappa shape index (κ2) is 6.23. The third-order valence-corrected chi connectivity index (χ3v) is 5.09. The van der Waals surface area contributed by atoms with Gasteiger partial charge < -0.3 is 9.64 Å². The highest BCUT2D eigenvalue weighted by Crippen LogP contribution is 2.43. The van der Waals surface area contributed by atoms with Crippen LogP contribution in [0, 0.1) is 11.7 Å². The third-order valence-electron chi connectivity index (χ3n) is 5.09. The Balaban J connectivity index is 1.50. The number of carbonyl (C=O) groups excluding carboxylic acids is 1. The fourth-order valence-electron chi connectivity index (χ4n) is 3.96. The van der Waals surface area contributed by atoms with Crippen LogP contribution < -0.4 is 4.74 Å². The number of amides is 1. The van der Waals surface area contributed by atoms with Gasteiger partial charge in [0.1, 0.15) is 23.9 Å². The predicted molar refractivity (Wildman–Crippen MR) is 87.2 cm³/mol. The van der Waals surface area contributed by atoms with Gasteiger partial charge in [0.25, 0.3) is 5.91 Å². The fraction of sp³-hybridized carbons (Fsp3) is 0.368. The number of nitrogens with zero attached hydrogens (tertiary/aromatic N) is 2. The molecular weight excluding hydrogens is 307 g/mol. The molecule has 2 unspecified atom stereocenters. The van der Waals surface area contributed by atoms with Crippen molar-refractivity contribution >= 4 is 5.91 Å². The Hall–Kier alpha value is -2.43. The van der Waals surface area contributed by atoms with Crippen LogP contribution in [-0.2, 0) is 0 Å². The van der Waals surface area contributed by atoms with Crippen LogP contribution in [0.3, 0.4) is 0 Å². The average molecular weight is 326 g/mol. The highest BCUT2D eigenvalue weighted by molar-refractivity contribution is 5.93. The second-order valence-corrected chi connectivity index (χ2v) is 6.49. The number of hydrogen-bond acceptors (Lipinski definition) is 3. The summed E-state index contributed by atoms with van der Waals surface area (Å²) < 4.78 is 18.8. The highest BCUT2D eigenvalue weighted by Gasteiger charge is 2.48. The van der Waals surface area contributed by atoms with Gasteiger partial charge in [-0.15, -0.1) is 0 Å². The van der Waals surface area contributed by atoms with Crippen molar-refractivity contribution in [3.05, 3.63) is 60.2 Å². The van der Waals surface area contributed by atoms with E-state index in [-0.39, 0.29) is 23.8 Å². The Bertz CT molecular complexity index is 720. The van der Waals surface area contributed by atoms with E-state index >= 15 is 0 Å². The molecule has 4 rings (SSSR count). The maximum Gasteiger partial charge on any atom is 0.273 e. The summed E-state index contributed by atoms with van der Waals surface area (Å²) in [7, 11) is 0. The predicted octanol–water partition coefficient (Wildman–Crippen LogP) is 3.29. The molecule has 1 aliphatic heterocycles. The number of likely N-dealkylation sites (tertiary alicyclic amines) is 1. The molecule has 2 bridgehead atoms. The molecule has 1 amide bonds. The lowest BCUT2D eigenvalue weighted by atomic mass is 9.99. The lowest BCUT2D eigenvalue weighted by molar-refractivity contribution is 0.0500. The Kier molecular flexibility index (Phi) is 3.92. The van der Waals surface area contributed by atoms with E-state index in [4.69, 9.17) is 4.74 Å². The van der Waals surface area contributed by atoms with E-state index in [1.54, 1.807) is 24.4 Å². The summed E-state index contributed by atoms with van der Waals surface area (Å²) in [6, 6.07) is 11.7. The number of pyridine rings is 1. The number of halogens is 1. The summed E-state index contributed by atoms with van der Waals surface area (Å²) in [5.74, 6) is 0.803. The first-order valence-electron chi connectivity index (χ1n) is 8.34. The summed E-state index contributed by atoms with van der Waals surface area (Å²) >= 11 is 0. The van der Waals surface area contributed by atoms with E-state index in [9.17, 15) is 9.18 Å². The summed E-state index contributed by atoms with van der Waals surface area (Å²) in [6.07, 6.45) is 4.87. The van der Waals surface area contributed by atoms with Gasteiger partial charge >= 0.3 is 0 Å². The molecule has 2 heterocycles. The van der Waals surface area contributed by atoms with Crippen molar-refractivity contribution in [1.82, 2.24) is 9.88 Å². The van der Waals surface area contributed by atoms with Crippen molar-refractivity contribution in [1.29, 1.82) is 0 Å². The molecule has 3 atom stereocenters. The SMILES string of the molecule is O=C(c1ccccn1)N1C2CCC(C2)[C@H]1COc1ccc(F)cc1. The zero-order valence-corrected chi connectivity index (χ0v) is 13.3. The quantitative estimate of drug-likeness (QED) is 0.866. The molecule has 124 valence electrons. The summed E-state index contributed by atoms with van der Waals surface area (Å²) in [5.41, 5.74) is 0.483. The summed E-state index contributed by atoms with van der Waals surface area (Å²) in [6.45, 7) is 0.436. The Morgan fingerprint density at radius 2 is 2.04 bits per heavy atom. The van der Waals surface area contributed by atoms with Crippen LogP contribution in [0.15, 0.2) is 48.7 Å². The smallest absolute Gasteiger partial charge is 0.273 e. The molecule has 2 aromatic rings. The van der Waals surface area contributed by atoms with E-state index in [2.05, 4.69) is 4.98 Å². The Labute approximate surface area is 140 Å². The van der Waals surface area contributed by atoms with Crippen molar-refractivity contribution in [3.63, 3.8) is 0 Å². The largest absolute Gasteiger partial charge is 0.491 e. The molecule has 0 radical (unpaired) electrons. The fourth-order valence-corrected chi connectivity index (χ4v) is 3.96. The normalized spacial score (nSPS) is 25.0. The average Bonchev–Trinajstić information content (AvgIpc) is 3.23. The minimum atomic E-state index is -0.283. The Morgan fingerprint density at radius 1 is 1.21 bits per heavy atom. The molecule has 2 aliphatic rings. The minimum Gasteiger partial charge on any atom is -0.491 e. The maximum atomic E-state index is 13.0. The number of aromatic nitrogens is 1. The topological polar surface area (TPSA) is 42.4 Å². The minimum absolute atomic E-state index is 0.0180. The number of benzene rings is 1. The van der Waals surface area contributed by atoms with Crippen molar-refractivity contribution < 1.29 is 13.9 Å². The molecule has 0 spiro atoms. The van der Waals surface area contributed by atoms with Gasteiger partial charge in [-0.2, -0.15) is 0 Å². The molecule has 5 heteroatoms. The number of fused-ring (bicyclic) bond motifs is 2. The van der Waals surface area contributed by atoms with Crippen LogP contribution >= 0.6 is 0 Å². The Morgan fingerprint density at radius 3 is 2.79 bits per heavy atom. The molecule has 0 N–H and O–H groups in total. The van der Waals surface area contributed by atoms with Crippen LogP contribution in [0.25, 0.3) is 0 Å². The van der Waals surface area contributed by atoms with E-state index in [1.165, 1.54) is 12.1 Å². The first-order valence-corrected chi connectivity index (χ1v) is 8.34. The third kappa shape index (κ3) is 2.75. The number of rotatable bonds is 4. The van der Waals surface area contributed by atoms with Gasteiger partial charge in [0.05, 0.1) is 6.04 Å². The molecular formula is C19H19FN2O2. The first-order chi connectivity index (χ1) is 11.7. The van der Waals surface area contributed by atoms with E-state index in [1.807, 2.05) is 17.0 Å². The molecule has 4 nitrogen and oxygen atoms in total. The van der Waals surface area contributed by atoms with Gasteiger partial charge in [-0.25, -0.2) is 4.39 Å². The standard InChI is InChI=1S/C19H19FN2O2/c20-14-5-8-16(9-6-14)24-12-18-13-4-7-15(11-13)22(18)19(23)17-3-1-2-10-21-17/h1-3,5-6,8-10,13,15,18H,4,7,11-12H2/t13?,15?,18-/m1/s1. The van der Waals surface area contributed by atoms with Crippen LogP contribution in [0.2, 0.25) is 0 Å². The van der Waals surface area contributed by atoms with Crippen LogP contribution in [0.4, 0.5) is 4.39 Å². The van der Waals surface area contributed by atoms with Gasteiger partial charge in [0.2, 0.25) is 0 Å². The van der Waals surface area contributed by atoms with E-state index < -0.39 is 0 Å². The number of piperidine rings is 1. The molecule has 1 aromatic carbocycles.